The third-order valence-corrected chi connectivity index (χ3v) is 6.57. The van der Waals surface area contributed by atoms with Crippen molar-refractivity contribution in [3.8, 4) is 0 Å². The van der Waals surface area contributed by atoms with Gasteiger partial charge in [0, 0.05) is 32.4 Å². The fourth-order valence-electron chi connectivity index (χ4n) is 4.27. The zero-order valence-corrected chi connectivity index (χ0v) is 24.9. The minimum Gasteiger partial charge on any atom is -0.369 e. The molecular weight excluding hydrogens is 595 g/mol. The van der Waals surface area contributed by atoms with Gasteiger partial charge in [0.1, 0.15) is 12.1 Å². The number of hydrogen-bond donors (Lipinski definition) is 5. The molecular formula is C31H40F3N5O6. The second-order valence-corrected chi connectivity index (χ2v) is 10.3. The Labute approximate surface area is 259 Å². The fraction of sp³-hybridized carbons (Fsp3) is 0.452. The van der Waals surface area contributed by atoms with E-state index in [4.69, 9.17) is 5.73 Å². The summed E-state index contributed by atoms with van der Waals surface area (Å²) >= 11 is 0. The van der Waals surface area contributed by atoms with E-state index < -0.39 is 42.1 Å². The summed E-state index contributed by atoms with van der Waals surface area (Å²) in [5.74, 6) is -4.19. The number of halogens is 3. The minimum atomic E-state index is -5.34. The van der Waals surface area contributed by atoms with Gasteiger partial charge in [-0.15, -0.1) is 0 Å². The highest BCUT2D eigenvalue weighted by Crippen LogP contribution is 2.16. The first-order valence-corrected chi connectivity index (χ1v) is 14.7. The highest BCUT2D eigenvalue weighted by molar-refractivity contribution is 5.92. The van der Waals surface area contributed by atoms with Crippen LogP contribution in [0.5, 0.6) is 0 Å². The zero-order valence-electron chi connectivity index (χ0n) is 24.9. The predicted molar refractivity (Wildman–Crippen MR) is 159 cm³/mol. The van der Waals surface area contributed by atoms with E-state index in [1.165, 1.54) is 0 Å². The van der Waals surface area contributed by atoms with Crippen molar-refractivity contribution in [3.05, 3.63) is 71.8 Å². The topological polar surface area (TPSA) is 169 Å². The fourth-order valence-corrected chi connectivity index (χ4v) is 4.27. The zero-order chi connectivity index (χ0) is 33.1. The number of nitrogens with two attached hydrogens (primary N) is 1. The van der Waals surface area contributed by atoms with Gasteiger partial charge in [0.25, 0.3) is 0 Å². The van der Waals surface area contributed by atoms with E-state index in [9.17, 15) is 37.1 Å². The number of hydrogen-bond acceptors (Lipinski definition) is 7. The van der Waals surface area contributed by atoms with Gasteiger partial charge in [0.15, 0.2) is 0 Å². The summed E-state index contributed by atoms with van der Waals surface area (Å²) in [5.41, 5.74) is 7.04. The molecule has 0 aromatic heterocycles. The van der Waals surface area contributed by atoms with Crippen molar-refractivity contribution in [3.63, 3.8) is 0 Å². The van der Waals surface area contributed by atoms with Crippen LogP contribution in [0.3, 0.4) is 0 Å². The number of alkyl carbamates (subject to hydrolysis) is 1. The molecule has 2 aromatic rings. The number of benzene rings is 2. The second-order valence-electron chi connectivity index (χ2n) is 10.3. The number of carbonyl (C=O) groups excluding carboxylic acids is 5. The van der Waals surface area contributed by atoms with Crippen LogP contribution < -0.4 is 27.0 Å². The normalized spacial score (nSPS) is 12.4. The van der Waals surface area contributed by atoms with Crippen LogP contribution in [0, 0.1) is 0 Å². The van der Waals surface area contributed by atoms with Gasteiger partial charge in [-0.05, 0) is 30.5 Å². The standard InChI is InChI=1S/C31H40F3N5O6/c32-31(33,34)29(43)45-30(44)37-19-18-36-27(41)24(20-22-12-6-4-7-13-22)39-28(42)25(21-23-14-8-5-9-15-23)38-26(40)16-10-2-1-3-11-17-35/h4-9,12-15,24-25H,1-3,10-11,16-21,35H2,(H,36,41)(H,37,44)(H,38,40)(H,39,42)/t24-,25-/m0/s1. The molecule has 14 heteroatoms. The number of alkyl halides is 3. The van der Waals surface area contributed by atoms with Gasteiger partial charge in [0.2, 0.25) is 17.7 Å². The van der Waals surface area contributed by atoms with Crippen molar-refractivity contribution in [2.75, 3.05) is 19.6 Å². The number of esters is 1. The lowest BCUT2D eigenvalue weighted by atomic mass is 10.0. The van der Waals surface area contributed by atoms with Crippen molar-refractivity contribution >= 4 is 29.8 Å². The van der Waals surface area contributed by atoms with E-state index in [0.29, 0.717) is 13.0 Å². The van der Waals surface area contributed by atoms with E-state index in [-0.39, 0.29) is 38.3 Å². The van der Waals surface area contributed by atoms with E-state index >= 15 is 0 Å². The van der Waals surface area contributed by atoms with Crippen LogP contribution in [-0.2, 0) is 36.8 Å². The Morgan fingerprint density at radius 1 is 0.689 bits per heavy atom. The molecule has 0 radical (unpaired) electrons. The molecule has 4 amide bonds. The van der Waals surface area contributed by atoms with E-state index in [1.54, 1.807) is 30.3 Å². The van der Waals surface area contributed by atoms with Crippen molar-refractivity contribution in [2.24, 2.45) is 5.73 Å². The van der Waals surface area contributed by atoms with Crippen LogP contribution in [-0.4, -0.2) is 67.7 Å². The molecule has 0 saturated carbocycles. The van der Waals surface area contributed by atoms with Crippen LogP contribution in [0.1, 0.15) is 49.7 Å². The first kappa shape index (κ1) is 36.7. The second kappa shape index (κ2) is 19.7. The number of amides is 4. The Kier molecular flexibility index (Phi) is 16.1. The number of ether oxygens (including phenoxy) is 1. The van der Waals surface area contributed by atoms with Gasteiger partial charge in [-0.3, -0.25) is 14.4 Å². The van der Waals surface area contributed by atoms with E-state index in [1.807, 2.05) is 35.6 Å². The third kappa shape index (κ3) is 15.2. The SMILES string of the molecule is NCCCCCCCC(=O)N[C@@H](Cc1ccccc1)C(=O)N[C@@H](Cc1ccccc1)C(=O)NCCNC(=O)OC(=O)C(F)(F)F. The van der Waals surface area contributed by atoms with Crippen LogP contribution in [0.2, 0.25) is 0 Å². The quantitative estimate of drug-likeness (QED) is 0.0953. The molecule has 0 heterocycles. The molecule has 0 unspecified atom stereocenters. The molecule has 0 fully saturated rings. The van der Waals surface area contributed by atoms with Crippen LogP contribution >= 0.6 is 0 Å². The summed E-state index contributed by atoms with van der Waals surface area (Å²) in [6, 6.07) is 15.8. The first-order valence-electron chi connectivity index (χ1n) is 14.7. The van der Waals surface area contributed by atoms with Crippen molar-refractivity contribution in [1.82, 2.24) is 21.3 Å². The summed E-state index contributed by atoms with van der Waals surface area (Å²) < 4.78 is 40.4. The minimum absolute atomic E-state index is 0.0861. The Hall–Kier alpha value is -4.46. The van der Waals surface area contributed by atoms with Gasteiger partial charge < -0.3 is 31.7 Å². The molecule has 0 spiro atoms. The lowest BCUT2D eigenvalue weighted by Crippen LogP contribution is -2.55. The Morgan fingerprint density at radius 3 is 1.76 bits per heavy atom. The van der Waals surface area contributed by atoms with E-state index in [0.717, 1.165) is 36.8 Å². The largest absolute Gasteiger partial charge is 0.491 e. The van der Waals surface area contributed by atoms with Crippen molar-refractivity contribution < 1.29 is 41.9 Å². The molecule has 2 aromatic carbocycles. The molecule has 0 saturated heterocycles. The summed E-state index contributed by atoms with van der Waals surface area (Å²) in [5, 5.41) is 9.94. The van der Waals surface area contributed by atoms with Gasteiger partial charge in [0.05, 0.1) is 0 Å². The predicted octanol–water partition coefficient (Wildman–Crippen LogP) is 2.67. The van der Waals surface area contributed by atoms with Crippen molar-refractivity contribution in [1.29, 1.82) is 0 Å². The van der Waals surface area contributed by atoms with Crippen LogP contribution in [0.25, 0.3) is 0 Å². The molecule has 11 nitrogen and oxygen atoms in total. The Balaban J connectivity index is 2.05. The van der Waals surface area contributed by atoms with Gasteiger partial charge >= 0.3 is 18.2 Å². The lowest BCUT2D eigenvalue weighted by Gasteiger charge is -2.24. The number of unbranched alkanes of at least 4 members (excludes halogenated alkanes) is 4. The Bertz CT molecular complexity index is 1230. The summed E-state index contributed by atoms with van der Waals surface area (Å²) in [4.78, 5) is 61.6. The molecule has 0 aliphatic carbocycles. The molecule has 2 atom stereocenters. The summed E-state index contributed by atoms with van der Waals surface area (Å²) in [6.45, 7) is 0.0183. The summed E-state index contributed by atoms with van der Waals surface area (Å²) in [6.07, 6.45) is -2.09. The Morgan fingerprint density at radius 2 is 1.20 bits per heavy atom. The maximum atomic E-state index is 13.5. The molecule has 2 rings (SSSR count). The first-order chi connectivity index (χ1) is 21.5. The molecule has 0 aliphatic rings. The highest BCUT2D eigenvalue weighted by Gasteiger charge is 2.42. The molecule has 0 bridgehead atoms. The maximum absolute atomic E-state index is 13.5. The van der Waals surface area contributed by atoms with E-state index in [2.05, 4.69) is 20.7 Å². The number of nitrogens with one attached hydrogen (secondary N) is 4. The molecule has 0 aliphatic heterocycles. The van der Waals surface area contributed by atoms with Crippen LogP contribution in [0.15, 0.2) is 60.7 Å². The molecule has 246 valence electrons. The highest BCUT2D eigenvalue weighted by atomic mass is 19.4. The van der Waals surface area contributed by atoms with Gasteiger partial charge in [-0.25, -0.2) is 9.59 Å². The van der Waals surface area contributed by atoms with Crippen molar-refractivity contribution in [2.45, 2.75) is 69.6 Å². The number of rotatable bonds is 18. The molecule has 6 N–H and O–H groups in total. The van der Waals surface area contributed by atoms with Gasteiger partial charge in [-0.1, -0.05) is 79.9 Å². The van der Waals surface area contributed by atoms with Crippen LogP contribution in [0.4, 0.5) is 18.0 Å². The third-order valence-electron chi connectivity index (χ3n) is 6.57. The number of carbonyl (C=O) groups is 5. The van der Waals surface area contributed by atoms with Gasteiger partial charge in [-0.2, -0.15) is 13.2 Å². The smallest absolute Gasteiger partial charge is 0.369 e. The average Bonchev–Trinajstić information content (AvgIpc) is 3.00. The average molecular weight is 636 g/mol. The summed E-state index contributed by atoms with van der Waals surface area (Å²) in [7, 11) is 0. The lowest BCUT2D eigenvalue weighted by molar-refractivity contribution is -0.192. The maximum Gasteiger partial charge on any atom is 0.491 e. The molecule has 45 heavy (non-hydrogen) atoms. The monoisotopic (exact) mass is 635 g/mol.